The maximum absolute atomic E-state index is 13.2. The fraction of sp³-hybridized carbons (Fsp3) is 0.735. The number of hydrogen-bond acceptors (Lipinski definition) is 2. The van der Waals surface area contributed by atoms with Crippen LogP contribution in [0.25, 0.3) is 5.76 Å². The van der Waals surface area contributed by atoms with E-state index in [-0.39, 0.29) is 17.0 Å². The van der Waals surface area contributed by atoms with Crippen LogP contribution in [-0.2, 0) is 4.79 Å². The largest absolute Gasteiger partial charge is 0.507 e. The molecule has 198 valence electrons. The molecular formula is C34H50O2. The Hall–Kier alpha value is -1.57. The van der Waals surface area contributed by atoms with Crippen molar-refractivity contribution in [2.24, 2.45) is 52.3 Å². The fourth-order valence-corrected chi connectivity index (χ4v) is 9.98. The third-order valence-corrected chi connectivity index (χ3v) is 11.9. The van der Waals surface area contributed by atoms with E-state index in [1.807, 2.05) is 30.3 Å². The molecule has 5 rings (SSSR count). The van der Waals surface area contributed by atoms with Crippen LogP contribution in [0.5, 0.6) is 0 Å². The molecule has 4 saturated carbocycles. The Morgan fingerprint density at radius 1 is 0.944 bits per heavy atom. The normalized spacial score (nSPS) is 40.4. The maximum atomic E-state index is 13.2. The van der Waals surface area contributed by atoms with E-state index in [0.717, 1.165) is 41.6 Å². The van der Waals surface area contributed by atoms with Crippen LogP contribution in [0.2, 0.25) is 0 Å². The predicted octanol–water partition coefficient (Wildman–Crippen LogP) is 9.26. The SMILES string of the molecule is CC(C)CCC[C@H](C)[C@H]1CC[C@H]2[C@@H]3CC[C@H]4CC(=O)/C(=C(\O)c5ccccc5)C[C@]4(C)[C@H]3CC[C@]12C. The molecule has 4 fully saturated rings. The van der Waals surface area contributed by atoms with E-state index in [2.05, 4.69) is 34.6 Å². The van der Waals surface area contributed by atoms with E-state index in [9.17, 15) is 9.90 Å². The van der Waals surface area contributed by atoms with Crippen LogP contribution in [-0.4, -0.2) is 10.9 Å². The van der Waals surface area contributed by atoms with E-state index in [0.29, 0.717) is 29.2 Å². The highest BCUT2D eigenvalue weighted by molar-refractivity contribution is 6.02. The highest BCUT2D eigenvalue weighted by Crippen LogP contribution is 2.68. The Bertz CT molecular complexity index is 976. The molecule has 8 atom stereocenters. The molecule has 0 radical (unpaired) electrons. The van der Waals surface area contributed by atoms with Crippen molar-refractivity contribution in [1.29, 1.82) is 0 Å². The van der Waals surface area contributed by atoms with Gasteiger partial charge in [-0.05, 0) is 97.2 Å². The minimum Gasteiger partial charge on any atom is -0.507 e. The van der Waals surface area contributed by atoms with Gasteiger partial charge in [0.1, 0.15) is 5.76 Å². The third kappa shape index (κ3) is 4.39. The first kappa shape index (κ1) is 26.1. The predicted molar refractivity (Wildman–Crippen MR) is 149 cm³/mol. The lowest BCUT2D eigenvalue weighted by Crippen LogP contribution is -2.54. The Labute approximate surface area is 220 Å². The molecule has 0 aromatic heterocycles. The zero-order chi connectivity index (χ0) is 25.7. The number of aliphatic hydroxyl groups excluding tert-OH is 1. The van der Waals surface area contributed by atoms with Crippen LogP contribution in [0, 0.1) is 52.3 Å². The summed E-state index contributed by atoms with van der Waals surface area (Å²) in [5.41, 5.74) is 2.13. The molecule has 1 N–H and O–H groups in total. The van der Waals surface area contributed by atoms with Gasteiger partial charge in [-0.1, -0.05) is 84.2 Å². The van der Waals surface area contributed by atoms with Gasteiger partial charge in [-0.3, -0.25) is 4.79 Å². The maximum Gasteiger partial charge on any atom is 0.162 e. The molecule has 0 unspecified atom stereocenters. The first-order chi connectivity index (χ1) is 17.1. The number of rotatable bonds is 6. The van der Waals surface area contributed by atoms with Crippen molar-refractivity contribution in [3.8, 4) is 0 Å². The Balaban J connectivity index is 1.36. The molecule has 1 aromatic carbocycles. The summed E-state index contributed by atoms with van der Waals surface area (Å²) in [6.45, 7) is 12.4. The molecular weight excluding hydrogens is 440 g/mol. The second-order valence-corrected chi connectivity index (χ2v) is 14.2. The van der Waals surface area contributed by atoms with Gasteiger partial charge in [0.15, 0.2) is 5.78 Å². The number of hydrogen-bond donors (Lipinski definition) is 1. The monoisotopic (exact) mass is 490 g/mol. The van der Waals surface area contributed by atoms with Gasteiger partial charge < -0.3 is 5.11 Å². The fourth-order valence-electron chi connectivity index (χ4n) is 9.98. The third-order valence-electron chi connectivity index (χ3n) is 11.9. The molecule has 1 aromatic rings. The summed E-state index contributed by atoms with van der Waals surface area (Å²) < 4.78 is 0. The zero-order valence-corrected chi connectivity index (χ0v) is 23.6. The van der Waals surface area contributed by atoms with E-state index in [1.165, 1.54) is 57.8 Å². The smallest absolute Gasteiger partial charge is 0.162 e. The van der Waals surface area contributed by atoms with Gasteiger partial charge in [0.25, 0.3) is 0 Å². The van der Waals surface area contributed by atoms with Gasteiger partial charge in [-0.2, -0.15) is 0 Å². The van der Waals surface area contributed by atoms with Crippen LogP contribution in [0.1, 0.15) is 111 Å². The van der Waals surface area contributed by atoms with Gasteiger partial charge in [0.05, 0.1) is 0 Å². The topological polar surface area (TPSA) is 37.3 Å². The van der Waals surface area contributed by atoms with Gasteiger partial charge in [-0.15, -0.1) is 0 Å². The first-order valence-electron chi connectivity index (χ1n) is 15.2. The molecule has 4 aliphatic carbocycles. The second kappa shape index (κ2) is 9.95. The Morgan fingerprint density at radius 3 is 2.39 bits per heavy atom. The average Bonchev–Trinajstić information content (AvgIpc) is 3.21. The minimum absolute atomic E-state index is 0.136. The summed E-state index contributed by atoms with van der Waals surface area (Å²) in [7, 11) is 0. The molecule has 0 amide bonds. The summed E-state index contributed by atoms with van der Waals surface area (Å²) in [5, 5.41) is 11.2. The molecule has 0 heterocycles. The highest BCUT2D eigenvalue weighted by atomic mass is 16.3. The van der Waals surface area contributed by atoms with Gasteiger partial charge >= 0.3 is 0 Å². The van der Waals surface area contributed by atoms with E-state index in [1.54, 1.807) is 0 Å². The van der Waals surface area contributed by atoms with Crippen LogP contribution in [0.3, 0.4) is 0 Å². The molecule has 0 saturated heterocycles. The number of benzene rings is 1. The molecule has 2 heteroatoms. The Morgan fingerprint density at radius 2 is 1.67 bits per heavy atom. The molecule has 0 bridgehead atoms. The van der Waals surface area contributed by atoms with Gasteiger partial charge in [-0.25, -0.2) is 0 Å². The number of carbonyl (C=O) groups excluding carboxylic acids is 1. The lowest BCUT2D eigenvalue weighted by atomic mass is 9.44. The van der Waals surface area contributed by atoms with Crippen molar-refractivity contribution in [1.82, 2.24) is 0 Å². The number of ketones is 1. The first-order valence-corrected chi connectivity index (χ1v) is 15.2. The van der Waals surface area contributed by atoms with E-state index < -0.39 is 0 Å². The van der Waals surface area contributed by atoms with Crippen molar-refractivity contribution in [2.75, 3.05) is 0 Å². The van der Waals surface area contributed by atoms with Crippen molar-refractivity contribution in [3.63, 3.8) is 0 Å². The standard InChI is InChI=1S/C34H50O2/c1-22(2)10-9-11-23(3)28-16-17-29-26-15-14-25-20-31(35)27(32(36)24-12-7-6-8-13-24)21-34(25,5)30(26)18-19-33(28,29)4/h6-8,12-13,22-23,25-26,28-30,36H,9-11,14-21H2,1-5H3/b32-27-/t23-,25-,26-,28+,29-,30-,33+,34-/m0/s1. The summed E-state index contributed by atoms with van der Waals surface area (Å²) in [5.74, 6) is 5.78. The number of carbonyl (C=O) groups is 1. The van der Waals surface area contributed by atoms with Crippen molar-refractivity contribution in [2.45, 2.75) is 105 Å². The molecule has 0 aliphatic heterocycles. The highest BCUT2D eigenvalue weighted by Gasteiger charge is 2.61. The van der Waals surface area contributed by atoms with Crippen LogP contribution in [0.15, 0.2) is 35.9 Å². The molecule has 2 nitrogen and oxygen atoms in total. The number of aliphatic hydroxyl groups is 1. The minimum atomic E-state index is 0.136. The summed E-state index contributed by atoms with van der Waals surface area (Å²) >= 11 is 0. The van der Waals surface area contributed by atoms with Gasteiger partial charge in [0, 0.05) is 17.6 Å². The van der Waals surface area contributed by atoms with E-state index in [4.69, 9.17) is 0 Å². The zero-order valence-electron chi connectivity index (χ0n) is 23.6. The summed E-state index contributed by atoms with van der Waals surface area (Å²) in [6.07, 6.45) is 13.6. The van der Waals surface area contributed by atoms with Crippen LogP contribution < -0.4 is 0 Å². The number of fused-ring (bicyclic) bond motifs is 5. The lowest BCUT2D eigenvalue weighted by molar-refractivity contribution is -0.133. The van der Waals surface area contributed by atoms with Crippen molar-refractivity contribution < 1.29 is 9.90 Å². The summed E-state index contributed by atoms with van der Waals surface area (Å²) in [6, 6.07) is 9.72. The van der Waals surface area contributed by atoms with Gasteiger partial charge in [0.2, 0.25) is 0 Å². The molecule has 4 aliphatic rings. The van der Waals surface area contributed by atoms with Crippen molar-refractivity contribution >= 4 is 11.5 Å². The quantitative estimate of drug-likeness (QED) is 0.319. The average molecular weight is 491 g/mol. The molecule has 0 spiro atoms. The summed E-state index contributed by atoms with van der Waals surface area (Å²) in [4.78, 5) is 13.2. The van der Waals surface area contributed by atoms with E-state index >= 15 is 0 Å². The number of Topliss-reactive ketones (excluding diaryl/α,β-unsaturated/α-hetero) is 1. The number of allylic oxidation sites excluding steroid dienone is 1. The lowest BCUT2D eigenvalue weighted by Gasteiger charge is -2.60. The Kier molecular flexibility index (Phi) is 7.20. The second-order valence-electron chi connectivity index (χ2n) is 14.2. The van der Waals surface area contributed by atoms with Crippen LogP contribution >= 0.6 is 0 Å². The molecule has 36 heavy (non-hydrogen) atoms. The van der Waals surface area contributed by atoms with Crippen LogP contribution in [0.4, 0.5) is 0 Å². The van der Waals surface area contributed by atoms with Crippen molar-refractivity contribution in [3.05, 3.63) is 41.5 Å².